The van der Waals surface area contributed by atoms with Crippen LogP contribution in [0.2, 0.25) is 0 Å². The summed E-state index contributed by atoms with van der Waals surface area (Å²) < 4.78 is 31.6. The molecule has 0 saturated carbocycles. The quantitative estimate of drug-likeness (QED) is 0.498. The molecule has 0 bridgehead atoms. The predicted octanol–water partition coefficient (Wildman–Crippen LogP) is 3.84. The van der Waals surface area contributed by atoms with Crippen molar-refractivity contribution in [2.45, 2.75) is 0 Å². The summed E-state index contributed by atoms with van der Waals surface area (Å²) in [6.07, 6.45) is 0. The Kier molecular flexibility index (Phi) is 4.42. The van der Waals surface area contributed by atoms with Crippen LogP contribution in [0, 0.1) is 11.6 Å². The molecule has 2 aromatic rings. The van der Waals surface area contributed by atoms with Crippen molar-refractivity contribution in [2.75, 3.05) is 18.2 Å². The van der Waals surface area contributed by atoms with E-state index in [1.165, 1.54) is 25.3 Å². The first-order valence-electron chi connectivity index (χ1n) is 5.81. The molecule has 4 nitrogen and oxygen atoms in total. The van der Waals surface area contributed by atoms with Crippen LogP contribution in [0.25, 0.3) is 0 Å². The Morgan fingerprint density at radius 3 is 2.62 bits per heavy atom. The molecule has 2 rings (SSSR count). The predicted molar refractivity (Wildman–Crippen MR) is 79.5 cm³/mol. The standard InChI is InChI=1S/C14H11BrF2N2O2/c1-21-14(20)8-4-7(2-3-12(8)18)19-13-5-9(15)10(16)6-11(13)17/h2-6,19H,18H2,1H3. The molecular weight excluding hydrogens is 346 g/mol. The molecule has 110 valence electrons. The highest BCUT2D eigenvalue weighted by molar-refractivity contribution is 9.10. The zero-order chi connectivity index (χ0) is 15.6. The Labute approximate surface area is 128 Å². The van der Waals surface area contributed by atoms with Crippen LogP contribution >= 0.6 is 15.9 Å². The summed E-state index contributed by atoms with van der Waals surface area (Å²) in [5.74, 6) is -2.06. The molecule has 0 spiro atoms. The minimum atomic E-state index is -0.757. The van der Waals surface area contributed by atoms with E-state index in [0.29, 0.717) is 5.69 Å². The summed E-state index contributed by atoms with van der Waals surface area (Å²) in [6.45, 7) is 0. The fraction of sp³-hybridized carbons (Fsp3) is 0.0714. The van der Waals surface area contributed by atoms with Gasteiger partial charge in [-0.2, -0.15) is 0 Å². The van der Waals surface area contributed by atoms with Gasteiger partial charge in [0.25, 0.3) is 0 Å². The van der Waals surface area contributed by atoms with Crippen molar-refractivity contribution in [3.63, 3.8) is 0 Å². The summed E-state index contributed by atoms with van der Waals surface area (Å²) in [6, 6.07) is 6.51. The van der Waals surface area contributed by atoms with Gasteiger partial charge in [0, 0.05) is 17.4 Å². The van der Waals surface area contributed by atoms with E-state index in [-0.39, 0.29) is 21.4 Å². The normalized spacial score (nSPS) is 10.3. The SMILES string of the molecule is COC(=O)c1cc(Nc2cc(Br)c(F)cc2F)ccc1N. The molecule has 0 fully saturated rings. The van der Waals surface area contributed by atoms with Crippen molar-refractivity contribution < 1.29 is 18.3 Å². The van der Waals surface area contributed by atoms with Crippen LogP contribution < -0.4 is 11.1 Å². The lowest BCUT2D eigenvalue weighted by molar-refractivity contribution is 0.0602. The minimum absolute atomic E-state index is 0.0591. The number of anilines is 3. The number of ether oxygens (including phenoxy) is 1. The van der Waals surface area contributed by atoms with E-state index < -0.39 is 17.6 Å². The van der Waals surface area contributed by atoms with Crippen molar-refractivity contribution in [3.05, 3.63) is 52.0 Å². The molecule has 0 radical (unpaired) electrons. The molecule has 7 heteroatoms. The van der Waals surface area contributed by atoms with Gasteiger partial charge in [-0.05, 0) is 40.2 Å². The number of methoxy groups -OCH3 is 1. The minimum Gasteiger partial charge on any atom is -0.465 e. The van der Waals surface area contributed by atoms with Crippen molar-refractivity contribution in [1.29, 1.82) is 0 Å². The number of benzene rings is 2. The van der Waals surface area contributed by atoms with Gasteiger partial charge in [0.15, 0.2) is 0 Å². The maximum atomic E-state index is 13.7. The van der Waals surface area contributed by atoms with E-state index in [9.17, 15) is 13.6 Å². The Morgan fingerprint density at radius 1 is 1.24 bits per heavy atom. The summed E-state index contributed by atoms with van der Waals surface area (Å²) in [5.41, 5.74) is 6.55. The Hall–Kier alpha value is -2.15. The molecule has 0 amide bonds. The van der Waals surface area contributed by atoms with Crippen LogP contribution in [-0.4, -0.2) is 13.1 Å². The Bertz CT molecular complexity index is 708. The molecule has 2 aromatic carbocycles. The molecule has 0 aliphatic rings. The first-order valence-corrected chi connectivity index (χ1v) is 6.61. The number of nitrogens with one attached hydrogen (secondary N) is 1. The average Bonchev–Trinajstić information content (AvgIpc) is 2.45. The Morgan fingerprint density at radius 2 is 1.95 bits per heavy atom. The highest BCUT2D eigenvalue weighted by Gasteiger charge is 2.13. The maximum Gasteiger partial charge on any atom is 0.340 e. The van der Waals surface area contributed by atoms with Gasteiger partial charge >= 0.3 is 5.97 Å². The summed E-state index contributed by atoms with van der Waals surface area (Å²) >= 11 is 2.98. The molecule has 21 heavy (non-hydrogen) atoms. The zero-order valence-corrected chi connectivity index (χ0v) is 12.5. The number of hydrogen-bond donors (Lipinski definition) is 2. The number of esters is 1. The van der Waals surface area contributed by atoms with Crippen molar-refractivity contribution in [3.8, 4) is 0 Å². The third kappa shape index (κ3) is 3.30. The van der Waals surface area contributed by atoms with E-state index in [2.05, 4.69) is 26.0 Å². The Balaban J connectivity index is 2.36. The highest BCUT2D eigenvalue weighted by atomic mass is 79.9. The molecule has 0 saturated heterocycles. The number of rotatable bonds is 3. The van der Waals surface area contributed by atoms with Crippen molar-refractivity contribution in [1.82, 2.24) is 0 Å². The van der Waals surface area contributed by atoms with Gasteiger partial charge in [0.05, 0.1) is 22.8 Å². The summed E-state index contributed by atoms with van der Waals surface area (Å²) in [4.78, 5) is 11.5. The largest absolute Gasteiger partial charge is 0.465 e. The number of carbonyl (C=O) groups excluding carboxylic acids is 1. The first-order chi connectivity index (χ1) is 9.92. The van der Waals surface area contributed by atoms with Gasteiger partial charge in [0.2, 0.25) is 0 Å². The molecule has 0 atom stereocenters. The molecule has 0 aliphatic carbocycles. The van der Waals surface area contributed by atoms with Crippen molar-refractivity contribution >= 4 is 39.0 Å². The third-order valence-electron chi connectivity index (χ3n) is 2.75. The van der Waals surface area contributed by atoms with Crippen LogP contribution in [0.1, 0.15) is 10.4 Å². The lowest BCUT2D eigenvalue weighted by Gasteiger charge is -2.11. The van der Waals surface area contributed by atoms with Gasteiger partial charge in [-0.3, -0.25) is 0 Å². The number of nitrogens with two attached hydrogens (primary N) is 1. The van der Waals surface area contributed by atoms with Gasteiger partial charge < -0.3 is 15.8 Å². The van der Waals surface area contributed by atoms with Crippen LogP contribution in [-0.2, 0) is 4.74 Å². The third-order valence-corrected chi connectivity index (χ3v) is 3.36. The number of carbonyl (C=O) groups is 1. The lowest BCUT2D eigenvalue weighted by Crippen LogP contribution is -2.06. The maximum absolute atomic E-state index is 13.7. The van der Waals surface area contributed by atoms with E-state index in [1.54, 1.807) is 6.07 Å². The van der Waals surface area contributed by atoms with E-state index in [1.807, 2.05) is 0 Å². The van der Waals surface area contributed by atoms with E-state index in [0.717, 1.165) is 6.07 Å². The van der Waals surface area contributed by atoms with Gasteiger partial charge in [-0.15, -0.1) is 0 Å². The molecule has 0 aromatic heterocycles. The molecule has 0 unspecified atom stereocenters. The lowest BCUT2D eigenvalue weighted by atomic mass is 10.1. The van der Waals surface area contributed by atoms with Crippen molar-refractivity contribution in [2.24, 2.45) is 0 Å². The number of halogens is 3. The first kappa shape index (κ1) is 15.2. The molecule has 3 N–H and O–H groups in total. The second-order valence-corrected chi connectivity index (χ2v) is 5.02. The summed E-state index contributed by atoms with van der Waals surface area (Å²) in [5, 5.41) is 2.75. The second kappa shape index (κ2) is 6.09. The number of nitrogen functional groups attached to an aromatic ring is 1. The van der Waals surface area contributed by atoms with Crippen LogP contribution in [0.5, 0.6) is 0 Å². The smallest absolute Gasteiger partial charge is 0.340 e. The topological polar surface area (TPSA) is 64.3 Å². The highest BCUT2D eigenvalue weighted by Crippen LogP contribution is 2.28. The average molecular weight is 357 g/mol. The zero-order valence-electron chi connectivity index (χ0n) is 10.9. The second-order valence-electron chi connectivity index (χ2n) is 4.16. The number of hydrogen-bond acceptors (Lipinski definition) is 4. The van der Waals surface area contributed by atoms with Gasteiger partial charge in [-0.25, -0.2) is 13.6 Å². The van der Waals surface area contributed by atoms with Crippen LogP contribution in [0.4, 0.5) is 25.8 Å². The summed E-state index contributed by atoms with van der Waals surface area (Å²) in [7, 11) is 1.23. The van der Waals surface area contributed by atoms with Gasteiger partial charge in [-0.1, -0.05) is 0 Å². The fourth-order valence-electron chi connectivity index (χ4n) is 1.69. The fourth-order valence-corrected chi connectivity index (χ4v) is 2.04. The molecular formula is C14H11BrF2N2O2. The van der Waals surface area contributed by atoms with E-state index in [4.69, 9.17) is 5.73 Å². The van der Waals surface area contributed by atoms with Crippen LogP contribution in [0.3, 0.4) is 0 Å². The van der Waals surface area contributed by atoms with E-state index >= 15 is 0 Å². The van der Waals surface area contributed by atoms with Gasteiger partial charge in [0.1, 0.15) is 11.6 Å². The molecule has 0 aliphatic heterocycles. The monoisotopic (exact) mass is 356 g/mol. The van der Waals surface area contributed by atoms with Crippen LogP contribution in [0.15, 0.2) is 34.8 Å². The molecule has 0 heterocycles.